The molecule has 2 rings (SSSR count). The molecule has 0 spiro atoms. The zero-order valence-corrected chi connectivity index (χ0v) is 10.5. The van der Waals surface area contributed by atoms with Gasteiger partial charge in [0.25, 0.3) is 5.69 Å². The second-order valence-electron chi connectivity index (χ2n) is 4.71. The highest BCUT2D eigenvalue weighted by Gasteiger charge is 2.18. The van der Waals surface area contributed by atoms with Gasteiger partial charge in [-0.1, -0.05) is 18.6 Å². The second-order valence-corrected chi connectivity index (χ2v) is 4.71. The summed E-state index contributed by atoms with van der Waals surface area (Å²) in [4.78, 5) is 13.0. The molecule has 0 amide bonds. The van der Waals surface area contributed by atoms with Crippen molar-refractivity contribution in [2.24, 2.45) is 5.73 Å². The van der Waals surface area contributed by atoms with Crippen LogP contribution >= 0.6 is 0 Å². The van der Waals surface area contributed by atoms with E-state index < -0.39 is 0 Å². The van der Waals surface area contributed by atoms with Gasteiger partial charge < -0.3 is 5.73 Å². The number of hydrogen-bond acceptors (Lipinski definition) is 4. The Hall–Kier alpha value is -1.46. The lowest BCUT2D eigenvalue weighted by Crippen LogP contribution is -2.29. The number of rotatable bonds is 4. The third-order valence-corrected chi connectivity index (χ3v) is 3.49. The average molecular weight is 249 g/mol. The lowest BCUT2D eigenvalue weighted by molar-refractivity contribution is -0.385. The van der Waals surface area contributed by atoms with Crippen molar-refractivity contribution >= 4 is 5.69 Å². The molecule has 0 atom stereocenters. The third-order valence-electron chi connectivity index (χ3n) is 3.49. The maximum Gasteiger partial charge on any atom is 0.274 e. The zero-order valence-electron chi connectivity index (χ0n) is 10.5. The summed E-state index contributed by atoms with van der Waals surface area (Å²) in [6.07, 6.45) is 3.72. The van der Waals surface area contributed by atoms with Gasteiger partial charge in [0.05, 0.1) is 4.92 Å². The Morgan fingerprint density at radius 2 is 2.00 bits per heavy atom. The van der Waals surface area contributed by atoms with Crippen LogP contribution in [0.4, 0.5) is 5.69 Å². The summed E-state index contributed by atoms with van der Waals surface area (Å²) < 4.78 is 0. The molecule has 1 aliphatic heterocycles. The van der Waals surface area contributed by atoms with Gasteiger partial charge in [0.1, 0.15) is 0 Å². The van der Waals surface area contributed by atoms with Gasteiger partial charge in [-0.2, -0.15) is 0 Å². The Labute approximate surface area is 107 Å². The fraction of sp³-hybridized carbons (Fsp3) is 0.538. The molecule has 0 radical (unpaired) electrons. The summed E-state index contributed by atoms with van der Waals surface area (Å²) in [7, 11) is 0. The van der Waals surface area contributed by atoms with Gasteiger partial charge in [-0.3, -0.25) is 15.0 Å². The molecule has 0 aliphatic carbocycles. The number of nitrogens with zero attached hydrogens (tertiary/aromatic N) is 2. The minimum Gasteiger partial charge on any atom is -0.326 e. The fourth-order valence-corrected chi connectivity index (χ4v) is 2.53. The van der Waals surface area contributed by atoms with E-state index in [2.05, 4.69) is 4.90 Å². The maximum absolute atomic E-state index is 11.0. The minimum atomic E-state index is -0.345. The number of likely N-dealkylation sites (tertiary alicyclic amines) is 1. The van der Waals surface area contributed by atoms with Crippen LogP contribution < -0.4 is 5.73 Å². The number of nitrogens with two attached hydrogens (primary N) is 1. The number of nitro benzene ring substituents is 1. The van der Waals surface area contributed by atoms with Crippen molar-refractivity contribution in [3.05, 3.63) is 39.4 Å². The molecule has 1 heterocycles. The van der Waals surface area contributed by atoms with Crippen LogP contribution in [-0.2, 0) is 13.1 Å². The van der Waals surface area contributed by atoms with Crippen molar-refractivity contribution in [2.75, 3.05) is 13.1 Å². The van der Waals surface area contributed by atoms with Gasteiger partial charge in [0, 0.05) is 24.7 Å². The monoisotopic (exact) mass is 249 g/mol. The van der Waals surface area contributed by atoms with E-state index in [9.17, 15) is 10.1 Å². The van der Waals surface area contributed by atoms with E-state index in [1.807, 2.05) is 6.07 Å². The van der Waals surface area contributed by atoms with E-state index >= 15 is 0 Å². The molecule has 18 heavy (non-hydrogen) atoms. The SMILES string of the molecule is NCc1c(CN2CCCCC2)cccc1[N+](=O)[O-]. The quantitative estimate of drug-likeness (QED) is 0.654. The summed E-state index contributed by atoms with van der Waals surface area (Å²) in [5, 5.41) is 11.0. The normalized spacial score (nSPS) is 16.7. The lowest BCUT2D eigenvalue weighted by atomic mass is 10.0. The first kappa shape index (κ1) is 13.0. The smallest absolute Gasteiger partial charge is 0.274 e. The fourth-order valence-electron chi connectivity index (χ4n) is 2.53. The van der Waals surface area contributed by atoms with E-state index in [-0.39, 0.29) is 17.2 Å². The number of piperidine rings is 1. The van der Waals surface area contributed by atoms with Crippen LogP contribution in [0, 0.1) is 10.1 Å². The van der Waals surface area contributed by atoms with Crippen LogP contribution in [0.25, 0.3) is 0 Å². The van der Waals surface area contributed by atoms with Crippen molar-refractivity contribution in [3.63, 3.8) is 0 Å². The lowest BCUT2D eigenvalue weighted by Gasteiger charge is -2.27. The van der Waals surface area contributed by atoms with Crippen molar-refractivity contribution < 1.29 is 4.92 Å². The van der Waals surface area contributed by atoms with E-state index in [0.717, 1.165) is 25.2 Å². The molecule has 1 aromatic carbocycles. The largest absolute Gasteiger partial charge is 0.326 e. The molecule has 2 N–H and O–H groups in total. The highest BCUT2D eigenvalue weighted by atomic mass is 16.6. The van der Waals surface area contributed by atoms with Crippen molar-refractivity contribution in [2.45, 2.75) is 32.4 Å². The molecule has 0 bridgehead atoms. The Kier molecular flexibility index (Phi) is 4.28. The summed E-state index contributed by atoms with van der Waals surface area (Å²) in [6, 6.07) is 5.22. The predicted octanol–water partition coefficient (Wildman–Crippen LogP) is 2.04. The van der Waals surface area contributed by atoms with Gasteiger partial charge in [-0.25, -0.2) is 0 Å². The summed E-state index contributed by atoms with van der Waals surface area (Å²) in [5.41, 5.74) is 7.48. The first-order valence-corrected chi connectivity index (χ1v) is 6.40. The summed E-state index contributed by atoms with van der Waals surface area (Å²) in [6.45, 7) is 3.15. The molecule has 1 fully saturated rings. The number of benzene rings is 1. The standard InChI is InChI=1S/C13H19N3O2/c14-9-12-11(5-4-6-13(12)16(17)18)10-15-7-2-1-3-8-15/h4-6H,1-3,7-10,14H2. The Morgan fingerprint density at radius 3 is 2.61 bits per heavy atom. The number of nitro groups is 1. The maximum atomic E-state index is 11.0. The average Bonchev–Trinajstić information content (AvgIpc) is 2.39. The minimum absolute atomic E-state index is 0.145. The number of hydrogen-bond donors (Lipinski definition) is 1. The Bertz CT molecular complexity index is 428. The van der Waals surface area contributed by atoms with Crippen LogP contribution in [0.15, 0.2) is 18.2 Å². The van der Waals surface area contributed by atoms with Gasteiger partial charge in [0.2, 0.25) is 0 Å². The molecule has 0 aromatic heterocycles. The third kappa shape index (κ3) is 2.86. The van der Waals surface area contributed by atoms with Gasteiger partial charge in [-0.15, -0.1) is 0 Å². The van der Waals surface area contributed by atoms with E-state index in [1.54, 1.807) is 6.07 Å². The van der Waals surface area contributed by atoms with Crippen molar-refractivity contribution in [3.8, 4) is 0 Å². The molecule has 1 aromatic rings. The van der Waals surface area contributed by atoms with Crippen molar-refractivity contribution in [1.29, 1.82) is 0 Å². The summed E-state index contributed by atoms with van der Waals surface area (Å²) in [5.74, 6) is 0. The highest BCUT2D eigenvalue weighted by molar-refractivity contribution is 5.45. The molecular formula is C13H19N3O2. The molecule has 0 saturated carbocycles. The van der Waals surface area contributed by atoms with Crippen LogP contribution in [0.2, 0.25) is 0 Å². The van der Waals surface area contributed by atoms with E-state index in [1.165, 1.54) is 25.3 Å². The van der Waals surface area contributed by atoms with Crippen molar-refractivity contribution in [1.82, 2.24) is 4.90 Å². The van der Waals surface area contributed by atoms with E-state index in [4.69, 9.17) is 5.73 Å². The molecule has 5 nitrogen and oxygen atoms in total. The highest BCUT2D eigenvalue weighted by Crippen LogP contribution is 2.24. The molecule has 0 unspecified atom stereocenters. The Morgan fingerprint density at radius 1 is 1.28 bits per heavy atom. The van der Waals surface area contributed by atoms with Crippen LogP contribution in [0.3, 0.4) is 0 Å². The topological polar surface area (TPSA) is 72.4 Å². The first-order valence-electron chi connectivity index (χ1n) is 6.40. The van der Waals surface area contributed by atoms with E-state index in [0.29, 0.717) is 5.56 Å². The molecule has 5 heteroatoms. The molecule has 98 valence electrons. The van der Waals surface area contributed by atoms with Gasteiger partial charge >= 0.3 is 0 Å². The molecule has 1 aliphatic rings. The molecular weight excluding hydrogens is 230 g/mol. The van der Waals surface area contributed by atoms with Crippen LogP contribution in [-0.4, -0.2) is 22.9 Å². The second kappa shape index (κ2) is 5.93. The summed E-state index contributed by atoms with van der Waals surface area (Å²) >= 11 is 0. The Balaban J connectivity index is 2.20. The first-order chi connectivity index (χ1) is 8.72. The van der Waals surface area contributed by atoms with Gasteiger partial charge in [0.15, 0.2) is 0 Å². The predicted molar refractivity (Wildman–Crippen MR) is 70.1 cm³/mol. The molecule has 1 saturated heterocycles. The van der Waals surface area contributed by atoms with Crippen LogP contribution in [0.1, 0.15) is 30.4 Å². The zero-order chi connectivity index (χ0) is 13.0. The van der Waals surface area contributed by atoms with Gasteiger partial charge in [-0.05, 0) is 31.5 Å². The van der Waals surface area contributed by atoms with Crippen LogP contribution in [0.5, 0.6) is 0 Å².